The minimum atomic E-state index is 0.248. The Bertz CT molecular complexity index is 683. The second-order valence-electron chi connectivity index (χ2n) is 4.15. The van der Waals surface area contributed by atoms with Crippen molar-refractivity contribution in [3.05, 3.63) is 42.5 Å². The molecule has 0 radical (unpaired) electrons. The Morgan fingerprint density at radius 2 is 1.95 bits per heavy atom. The summed E-state index contributed by atoms with van der Waals surface area (Å²) in [6.07, 6.45) is 3.69. The number of benzene rings is 1. The standard InChI is InChI=1S/C13H13N5O/c1-18-7-6-15-13(18)10-4-2-9(3-5-10)12-16-11(8-14)19-17-12/h2-7H,8,14H2,1H3. The third kappa shape index (κ3) is 2.13. The number of aryl methyl sites for hydroxylation is 1. The fourth-order valence-electron chi connectivity index (χ4n) is 1.87. The van der Waals surface area contributed by atoms with Crippen molar-refractivity contribution in [3.8, 4) is 22.8 Å². The molecule has 19 heavy (non-hydrogen) atoms. The molecule has 1 aromatic carbocycles. The molecule has 3 rings (SSSR count). The second-order valence-corrected chi connectivity index (χ2v) is 4.15. The molecule has 96 valence electrons. The molecule has 3 aromatic rings. The molecule has 0 spiro atoms. The van der Waals surface area contributed by atoms with Gasteiger partial charge in [0.25, 0.3) is 0 Å². The fourth-order valence-corrected chi connectivity index (χ4v) is 1.87. The number of hydrogen-bond donors (Lipinski definition) is 1. The normalized spacial score (nSPS) is 10.8. The summed E-state index contributed by atoms with van der Waals surface area (Å²) in [6.45, 7) is 0.248. The Balaban J connectivity index is 1.92. The Morgan fingerprint density at radius 3 is 2.53 bits per heavy atom. The van der Waals surface area contributed by atoms with Crippen LogP contribution < -0.4 is 5.73 Å². The monoisotopic (exact) mass is 255 g/mol. The quantitative estimate of drug-likeness (QED) is 0.768. The third-order valence-corrected chi connectivity index (χ3v) is 2.87. The number of nitrogens with zero attached hydrogens (tertiary/aromatic N) is 4. The predicted molar refractivity (Wildman–Crippen MR) is 69.8 cm³/mol. The Kier molecular flexibility index (Phi) is 2.85. The average Bonchev–Trinajstić information content (AvgIpc) is 3.07. The van der Waals surface area contributed by atoms with Crippen molar-refractivity contribution in [1.82, 2.24) is 19.7 Å². The van der Waals surface area contributed by atoms with E-state index in [-0.39, 0.29) is 6.54 Å². The van der Waals surface area contributed by atoms with Gasteiger partial charge in [0, 0.05) is 30.6 Å². The maximum atomic E-state index is 5.44. The lowest BCUT2D eigenvalue weighted by molar-refractivity contribution is 0.380. The Labute approximate surface area is 109 Å². The zero-order chi connectivity index (χ0) is 13.2. The van der Waals surface area contributed by atoms with Gasteiger partial charge in [-0.2, -0.15) is 4.98 Å². The average molecular weight is 255 g/mol. The molecule has 0 amide bonds. The molecular formula is C13H13N5O. The van der Waals surface area contributed by atoms with E-state index in [0.717, 1.165) is 17.0 Å². The molecule has 2 N–H and O–H groups in total. The summed E-state index contributed by atoms with van der Waals surface area (Å²) < 4.78 is 6.96. The van der Waals surface area contributed by atoms with Crippen molar-refractivity contribution in [2.24, 2.45) is 12.8 Å². The summed E-state index contributed by atoms with van der Waals surface area (Å²) in [7, 11) is 1.96. The Morgan fingerprint density at radius 1 is 1.21 bits per heavy atom. The van der Waals surface area contributed by atoms with Gasteiger partial charge in [-0.3, -0.25) is 0 Å². The molecule has 0 atom stereocenters. The van der Waals surface area contributed by atoms with Crippen molar-refractivity contribution in [3.63, 3.8) is 0 Å². The summed E-state index contributed by atoms with van der Waals surface area (Å²) >= 11 is 0. The maximum Gasteiger partial charge on any atom is 0.240 e. The van der Waals surface area contributed by atoms with E-state index in [2.05, 4.69) is 15.1 Å². The van der Waals surface area contributed by atoms with Crippen molar-refractivity contribution in [1.29, 1.82) is 0 Å². The fraction of sp³-hybridized carbons (Fsp3) is 0.154. The van der Waals surface area contributed by atoms with E-state index in [1.54, 1.807) is 6.20 Å². The van der Waals surface area contributed by atoms with Crippen LogP contribution in [0.4, 0.5) is 0 Å². The minimum Gasteiger partial charge on any atom is -0.338 e. The van der Waals surface area contributed by atoms with Gasteiger partial charge >= 0.3 is 0 Å². The highest BCUT2D eigenvalue weighted by Gasteiger charge is 2.08. The topological polar surface area (TPSA) is 82.8 Å². The van der Waals surface area contributed by atoms with Crippen LogP contribution in [0.2, 0.25) is 0 Å². The predicted octanol–water partition coefficient (Wildman–Crippen LogP) is 1.60. The van der Waals surface area contributed by atoms with Crippen LogP contribution in [0.5, 0.6) is 0 Å². The van der Waals surface area contributed by atoms with Gasteiger partial charge in [-0.15, -0.1) is 0 Å². The van der Waals surface area contributed by atoms with Crippen LogP contribution >= 0.6 is 0 Å². The molecule has 0 bridgehead atoms. The van der Waals surface area contributed by atoms with Gasteiger partial charge in [-0.1, -0.05) is 29.4 Å². The van der Waals surface area contributed by atoms with E-state index >= 15 is 0 Å². The van der Waals surface area contributed by atoms with E-state index in [4.69, 9.17) is 10.3 Å². The van der Waals surface area contributed by atoms with E-state index in [1.165, 1.54) is 0 Å². The maximum absolute atomic E-state index is 5.44. The number of hydrogen-bond acceptors (Lipinski definition) is 5. The molecule has 0 saturated carbocycles. The molecular weight excluding hydrogens is 242 g/mol. The SMILES string of the molecule is Cn1ccnc1-c1ccc(-c2noc(CN)n2)cc1. The molecule has 0 fully saturated rings. The Hall–Kier alpha value is -2.47. The first-order valence-corrected chi connectivity index (χ1v) is 5.88. The van der Waals surface area contributed by atoms with Crippen LogP contribution in [-0.4, -0.2) is 19.7 Å². The summed E-state index contributed by atoms with van der Waals surface area (Å²) in [6, 6.07) is 7.84. The molecule has 0 aliphatic rings. The third-order valence-electron chi connectivity index (χ3n) is 2.87. The van der Waals surface area contributed by atoms with Gasteiger partial charge in [0.1, 0.15) is 5.82 Å². The van der Waals surface area contributed by atoms with Gasteiger partial charge in [-0.05, 0) is 0 Å². The van der Waals surface area contributed by atoms with Crippen molar-refractivity contribution in [2.75, 3.05) is 0 Å². The minimum absolute atomic E-state index is 0.248. The van der Waals surface area contributed by atoms with Crippen molar-refractivity contribution >= 4 is 0 Å². The van der Waals surface area contributed by atoms with Gasteiger partial charge in [-0.25, -0.2) is 4.98 Å². The first-order valence-electron chi connectivity index (χ1n) is 5.88. The first-order chi connectivity index (χ1) is 9.28. The van der Waals surface area contributed by atoms with Gasteiger partial charge in [0.2, 0.25) is 11.7 Å². The summed E-state index contributed by atoms with van der Waals surface area (Å²) in [5, 5.41) is 3.88. The largest absolute Gasteiger partial charge is 0.338 e. The molecule has 6 heteroatoms. The number of aromatic nitrogens is 4. The highest BCUT2D eigenvalue weighted by atomic mass is 16.5. The second kappa shape index (κ2) is 4.66. The lowest BCUT2D eigenvalue weighted by atomic mass is 10.1. The van der Waals surface area contributed by atoms with E-state index in [1.807, 2.05) is 42.1 Å². The molecule has 6 nitrogen and oxygen atoms in total. The van der Waals surface area contributed by atoms with E-state index in [0.29, 0.717) is 11.7 Å². The first kappa shape index (κ1) is 11.6. The van der Waals surface area contributed by atoms with Gasteiger partial charge in [0.05, 0.1) is 6.54 Å². The molecule has 2 heterocycles. The smallest absolute Gasteiger partial charge is 0.240 e. The van der Waals surface area contributed by atoms with Crippen LogP contribution in [0.25, 0.3) is 22.8 Å². The molecule has 0 unspecified atom stereocenters. The summed E-state index contributed by atoms with van der Waals surface area (Å²) in [5.41, 5.74) is 7.37. The summed E-state index contributed by atoms with van der Waals surface area (Å²) in [4.78, 5) is 8.49. The molecule has 2 aromatic heterocycles. The highest BCUT2D eigenvalue weighted by Crippen LogP contribution is 2.21. The van der Waals surface area contributed by atoms with E-state index in [9.17, 15) is 0 Å². The lowest BCUT2D eigenvalue weighted by Crippen LogP contribution is -1.95. The van der Waals surface area contributed by atoms with Crippen LogP contribution in [0.15, 0.2) is 41.2 Å². The zero-order valence-corrected chi connectivity index (χ0v) is 10.4. The van der Waals surface area contributed by atoms with Gasteiger partial charge < -0.3 is 14.8 Å². The van der Waals surface area contributed by atoms with Crippen molar-refractivity contribution < 1.29 is 4.52 Å². The highest BCUT2D eigenvalue weighted by molar-refractivity contribution is 5.63. The molecule has 0 saturated heterocycles. The van der Waals surface area contributed by atoms with Crippen LogP contribution in [0.1, 0.15) is 5.89 Å². The van der Waals surface area contributed by atoms with Crippen LogP contribution in [0, 0.1) is 0 Å². The lowest BCUT2D eigenvalue weighted by Gasteiger charge is -2.02. The number of rotatable bonds is 3. The van der Waals surface area contributed by atoms with Crippen LogP contribution in [0.3, 0.4) is 0 Å². The number of nitrogens with two attached hydrogens (primary N) is 1. The number of imidazole rings is 1. The van der Waals surface area contributed by atoms with Crippen molar-refractivity contribution in [2.45, 2.75) is 6.54 Å². The van der Waals surface area contributed by atoms with E-state index < -0.39 is 0 Å². The molecule has 0 aliphatic heterocycles. The van der Waals surface area contributed by atoms with Crippen LogP contribution in [-0.2, 0) is 13.6 Å². The van der Waals surface area contributed by atoms with Gasteiger partial charge in [0.15, 0.2) is 0 Å². The summed E-state index contributed by atoms with van der Waals surface area (Å²) in [5.74, 6) is 1.90. The molecule has 0 aliphatic carbocycles. The zero-order valence-electron chi connectivity index (χ0n) is 10.4.